The third-order valence-electron chi connectivity index (χ3n) is 3.18. The van der Waals surface area contributed by atoms with Crippen molar-refractivity contribution in [2.24, 2.45) is 0 Å². The predicted octanol–water partition coefficient (Wildman–Crippen LogP) is 1.27. The Kier molecular flexibility index (Phi) is 2.63. The Morgan fingerprint density at radius 2 is 2.26 bits per heavy atom. The lowest BCUT2D eigenvalue weighted by Gasteiger charge is -2.35. The van der Waals surface area contributed by atoms with E-state index in [4.69, 9.17) is 10.00 Å². The van der Waals surface area contributed by atoms with Crippen molar-refractivity contribution in [3.05, 3.63) is 47.5 Å². The number of aromatic nitrogens is 2. The van der Waals surface area contributed by atoms with E-state index in [9.17, 15) is 5.11 Å². The number of aliphatic hydroxyl groups is 1. The van der Waals surface area contributed by atoms with Crippen LogP contribution < -0.4 is 0 Å². The molecule has 2 aromatic rings. The molecule has 1 fully saturated rings. The quantitative estimate of drug-likeness (QED) is 0.877. The van der Waals surface area contributed by atoms with Crippen molar-refractivity contribution in [2.45, 2.75) is 12.5 Å². The topological polar surface area (TPSA) is 71.1 Å². The summed E-state index contributed by atoms with van der Waals surface area (Å²) < 4.78 is 6.90. The zero-order valence-corrected chi connectivity index (χ0v) is 10.5. The Morgan fingerprint density at radius 1 is 1.47 bits per heavy atom. The highest BCUT2D eigenvalue weighted by molar-refractivity contribution is 5.43. The lowest BCUT2D eigenvalue weighted by molar-refractivity contribution is -0.189. The van der Waals surface area contributed by atoms with Gasteiger partial charge in [0.15, 0.2) is 11.4 Å². The molecular formula is C14H13N3O2. The molecule has 1 aromatic heterocycles. The predicted molar refractivity (Wildman–Crippen MR) is 67.7 cm³/mol. The lowest BCUT2D eigenvalue weighted by Crippen LogP contribution is -2.48. The molecule has 1 aromatic carbocycles. The summed E-state index contributed by atoms with van der Waals surface area (Å²) in [6, 6.07) is 9.32. The van der Waals surface area contributed by atoms with Gasteiger partial charge in [-0.15, -0.1) is 0 Å². The molecule has 0 atom stereocenters. The maximum Gasteiger partial charge on any atom is 0.169 e. The van der Waals surface area contributed by atoms with Crippen LogP contribution in [0.25, 0.3) is 5.69 Å². The van der Waals surface area contributed by atoms with Crippen LogP contribution in [0.3, 0.4) is 0 Å². The van der Waals surface area contributed by atoms with Gasteiger partial charge in [0, 0.05) is 11.9 Å². The van der Waals surface area contributed by atoms with Crippen LogP contribution in [-0.4, -0.2) is 27.9 Å². The minimum Gasteiger partial charge on any atom is -0.377 e. The smallest absolute Gasteiger partial charge is 0.169 e. The van der Waals surface area contributed by atoms with Gasteiger partial charge < -0.3 is 14.4 Å². The number of rotatable bonds is 2. The summed E-state index contributed by atoms with van der Waals surface area (Å²) in [5, 5.41) is 19.3. The molecule has 1 aliphatic rings. The number of hydrogen-bond acceptors (Lipinski definition) is 4. The summed E-state index contributed by atoms with van der Waals surface area (Å²) in [5.41, 5.74) is 1.18. The summed E-state index contributed by atoms with van der Waals surface area (Å²) >= 11 is 0. The van der Waals surface area contributed by atoms with Gasteiger partial charge in [-0.05, 0) is 25.1 Å². The molecule has 0 amide bonds. The molecule has 2 heterocycles. The molecule has 0 unspecified atom stereocenters. The molecule has 0 aliphatic carbocycles. The maximum absolute atomic E-state index is 10.4. The molecule has 1 saturated heterocycles. The Hall–Kier alpha value is -2.16. The van der Waals surface area contributed by atoms with Crippen LogP contribution in [0.1, 0.15) is 17.1 Å². The standard InChI is InChI=1S/C14H13N3O2/c1-10-7-17(12-4-2-3-11(5-12)6-15)13(16-10)14(18)8-19-9-14/h2-5,7,18H,8-9H2,1H3. The highest BCUT2D eigenvalue weighted by Gasteiger charge is 2.42. The number of ether oxygens (including phenoxy) is 1. The van der Waals surface area contributed by atoms with Gasteiger partial charge in [-0.25, -0.2) is 4.98 Å². The van der Waals surface area contributed by atoms with Gasteiger partial charge in [-0.3, -0.25) is 0 Å². The number of imidazole rings is 1. The largest absolute Gasteiger partial charge is 0.377 e. The Morgan fingerprint density at radius 3 is 2.89 bits per heavy atom. The van der Waals surface area contributed by atoms with Crippen LogP contribution in [0.15, 0.2) is 30.5 Å². The summed E-state index contributed by atoms with van der Waals surface area (Å²) in [6.45, 7) is 2.37. The van der Waals surface area contributed by atoms with Crippen LogP contribution in [0.2, 0.25) is 0 Å². The first-order chi connectivity index (χ1) is 9.12. The van der Waals surface area contributed by atoms with E-state index in [2.05, 4.69) is 11.1 Å². The molecule has 0 spiro atoms. The average Bonchev–Trinajstić information content (AvgIpc) is 2.78. The Balaban J connectivity index is 2.12. The van der Waals surface area contributed by atoms with Crippen molar-refractivity contribution in [2.75, 3.05) is 13.2 Å². The normalized spacial score (nSPS) is 16.7. The molecule has 1 N–H and O–H groups in total. The average molecular weight is 255 g/mol. The van der Waals surface area contributed by atoms with Gasteiger partial charge in [0.05, 0.1) is 30.5 Å². The molecule has 0 bridgehead atoms. The van der Waals surface area contributed by atoms with E-state index >= 15 is 0 Å². The van der Waals surface area contributed by atoms with Crippen LogP contribution in [-0.2, 0) is 10.3 Å². The van der Waals surface area contributed by atoms with Crippen LogP contribution in [0.5, 0.6) is 0 Å². The highest BCUT2D eigenvalue weighted by Crippen LogP contribution is 2.30. The molecular weight excluding hydrogens is 242 g/mol. The Labute approximate surface area is 110 Å². The Bertz CT molecular complexity index is 666. The van der Waals surface area contributed by atoms with E-state index in [1.54, 1.807) is 12.1 Å². The molecule has 5 heteroatoms. The summed E-state index contributed by atoms with van der Waals surface area (Å²) in [5.74, 6) is 0.561. The fourth-order valence-corrected chi connectivity index (χ4v) is 2.17. The number of aryl methyl sites for hydroxylation is 1. The van der Waals surface area contributed by atoms with Gasteiger partial charge in [0.25, 0.3) is 0 Å². The van der Waals surface area contributed by atoms with E-state index in [0.717, 1.165) is 11.4 Å². The summed E-state index contributed by atoms with van der Waals surface area (Å²) in [4.78, 5) is 4.39. The van der Waals surface area contributed by atoms with Gasteiger partial charge in [-0.2, -0.15) is 5.26 Å². The van der Waals surface area contributed by atoms with Crippen LogP contribution in [0.4, 0.5) is 0 Å². The van der Waals surface area contributed by atoms with Crippen molar-refractivity contribution in [3.63, 3.8) is 0 Å². The minimum absolute atomic E-state index is 0.251. The van der Waals surface area contributed by atoms with Gasteiger partial charge in [0.2, 0.25) is 0 Å². The lowest BCUT2D eigenvalue weighted by atomic mass is 10.0. The van der Waals surface area contributed by atoms with E-state index in [1.807, 2.05) is 29.8 Å². The second-order valence-electron chi connectivity index (χ2n) is 4.76. The maximum atomic E-state index is 10.4. The third-order valence-corrected chi connectivity index (χ3v) is 3.18. The van der Waals surface area contributed by atoms with Crippen LogP contribution in [0, 0.1) is 18.3 Å². The zero-order valence-electron chi connectivity index (χ0n) is 10.5. The molecule has 96 valence electrons. The third kappa shape index (κ3) is 1.91. The van der Waals surface area contributed by atoms with Gasteiger partial charge >= 0.3 is 0 Å². The molecule has 3 rings (SSSR count). The number of nitrogens with zero attached hydrogens (tertiary/aromatic N) is 3. The molecule has 5 nitrogen and oxygen atoms in total. The summed E-state index contributed by atoms with van der Waals surface area (Å²) in [7, 11) is 0. The highest BCUT2D eigenvalue weighted by atomic mass is 16.5. The molecule has 0 radical (unpaired) electrons. The second kappa shape index (κ2) is 4.19. The van der Waals surface area contributed by atoms with Crippen molar-refractivity contribution >= 4 is 0 Å². The van der Waals surface area contributed by atoms with Gasteiger partial charge in [-0.1, -0.05) is 6.07 Å². The number of nitriles is 1. The van der Waals surface area contributed by atoms with Crippen molar-refractivity contribution < 1.29 is 9.84 Å². The molecule has 1 aliphatic heterocycles. The van der Waals surface area contributed by atoms with Crippen LogP contribution >= 0.6 is 0 Å². The van der Waals surface area contributed by atoms with E-state index in [1.165, 1.54) is 0 Å². The number of hydrogen-bond donors (Lipinski definition) is 1. The first-order valence-electron chi connectivity index (χ1n) is 5.99. The fraction of sp³-hybridized carbons (Fsp3) is 0.286. The van der Waals surface area contributed by atoms with Crippen molar-refractivity contribution in [1.29, 1.82) is 5.26 Å². The van der Waals surface area contributed by atoms with E-state index < -0.39 is 5.60 Å². The zero-order chi connectivity index (χ0) is 13.5. The number of benzene rings is 1. The minimum atomic E-state index is -1.03. The monoisotopic (exact) mass is 255 g/mol. The second-order valence-corrected chi connectivity index (χ2v) is 4.76. The SMILES string of the molecule is Cc1cn(-c2cccc(C#N)c2)c(C2(O)COC2)n1. The van der Waals surface area contributed by atoms with E-state index in [0.29, 0.717) is 11.4 Å². The molecule has 0 saturated carbocycles. The first-order valence-corrected chi connectivity index (χ1v) is 5.99. The summed E-state index contributed by atoms with van der Waals surface area (Å²) in [6.07, 6.45) is 1.85. The molecule has 19 heavy (non-hydrogen) atoms. The van der Waals surface area contributed by atoms with Gasteiger partial charge in [0.1, 0.15) is 0 Å². The van der Waals surface area contributed by atoms with E-state index in [-0.39, 0.29) is 13.2 Å². The first kappa shape index (κ1) is 11.9. The van der Waals surface area contributed by atoms with Crippen molar-refractivity contribution in [3.8, 4) is 11.8 Å². The fourth-order valence-electron chi connectivity index (χ4n) is 2.17. The van der Waals surface area contributed by atoms with Crippen molar-refractivity contribution in [1.82, 2.24) is 9.55 Å².